The van der Waals surface area contributed by atoms with Gasteiger partial charge < -0.3 is 10.6 Å². The molecule has 4 unspecified atom stereocenters. The summed E-state index contributed by atoms with van der Waals surface area (Å²) in [6.45, 7) is 3.39. The van der Waals surface area contributed by atoms with Crippen molar-refractivity contribution in [2.24, 2.45) is 5.92 Å². The van der Waals surface area contributed by atoms with E-state index in [1.54, 1.807) is 0 Å². The van der Waals surface area contributed by atoms with E-state index in [1.807, 2.05) is 18.2 Å². The van der Waals surface area contributed by atoms with E-state index in [1.165, 1.54) is 38.6 Å². The molecule has 4 atom stereocenters. The minimum absolute atomic E-state index is 0.266. The van der Waals surface area contributed by atoms with Gasteiger partial charge in [-0.15, -0.1) is 0 Å². The zero-order chi connectivity index (χ0) is 14.8. The number of benzene rings is 1. The van der Waals surface area contributed by atoms with Crippen LogP contribution in [0.5, 0.6) is 0 Å². The Bertz CT molecular complexity index is 486. The number of rotatable bonds is 4. The molecule has 2 fully saturated rings. The first-order valence-electron chi connectivity index (χ1n) is 8.09. The molecule has 21 heavy (non-hydrogen) atoms. The van der Waals surface area contributed by atoms with Gasteiger partial charge in [0, 0.05) is 28.2 Å². The summed E-state index contributed by atoms with van der Waals surface area (Å²) in [7, 11) is 0. The van der Waals surface area contributed by atoms with Crippen LogP contribution in [0.15, 0.2) is 18.2 Å². The van der Waals surface area contributed by atoms with Crippen LogP contribution in [-0.2, 0) is 0 Å². The van der Waals surface area contributed by atoms with Crippen LogP contribution in [0.4, 0.5) is 0 Å². The Balaban J connectivity index is 1.67. The predicted molar refractivity (Wildman–Crippen MR) is 90.2 cm³/mol. The SMILES string of the molecule is CC(NC1CCCC1C1CCCN1)c1ccc(Cl)cc1Cl. The van der Waals surface area contributed by atoms with Crippen molar-refractivity contribution in [3.05, 3.63) is 33.8 Å². The molecular formula is C17H24Cl2N2. The number of halogens is 2. The van der Waals surface area contributed by atoms with Crippen molar-refractivity contribution in [3.63, 3.8) is 0 Å². The topological polar surface area (TPSA) is 24.1 Å². The van der Waals surface area contributed by atoms with Gasteiger partial charge in [0.25, 0.3) is 0 Å². The maximum absolute atomic E-state index is 6.34. The molecule has 4 heteroatoms. The molecule has 1 heterocycles. The minimum atomic E-state index is 0.266. The van der Waals surface area contributed by atoms with Gasteiger partial charge in [-0.3, -0.25) is 0 Å². The van der Waals surface area contributed by atoms with Crippen molar-refractivity contribution in [2.75, 3.05) is 6.54 Å². The Morgan fingerprint density at radius 1 is 1.19 bits per heavy atom. The molecule has 1 saturated heterocycles. The largest absolute Gasteiger partial charge is 0.314 e. The van der Waals surface area contributed by atoms with Crippen LogP contribution >= 0.6 is 23.2 Å². The highest BCUT2D eigenvalue weighted by Gasteiger charge is 2.35. The van der Waals surface area contributed by atoms with Crippen LogP contribution in [0, 0.1) is 5.92 Å². The summed E-state index contributed by atoms with van der Waals surface area (Å²) in [6, 6.07) is 7.37. The average Bonchev–Trinajstić information content (AvgIpc) is 3.08. The summed E-state index contributed by atoms with van der Waals surface area (Å²) in [5, 5.41) is 8.95. The third-order valence-corrected chi connectivity index (χ3v) is 5.64. The Kier molecular flexibility index (Phi) is 5.11. The van der Waals surface area contributed by atoms with Gasteiger partial charge in [0.2, 0.25) is 0 Å². The third-order valence-electron chi connectivity index (χ3n) is 5.08. The maximum Gasteiger partial charge on any atom is 0.0468 e. The molecule has 2 aliphatic rings. The first-order valence-corrected chi connectivity index (χ1v) is 8.85. The fraction of sp³-hybridized carbons (Fsp3) is 0.647. The monoisotopic (exact) mass is 326 g/mol. The van der Waals surface area contributed by atoms with Crippen LogP contribution in [0.2, 0.25) is 10.0 Å². The predicted octanol–water partition coefficient (Wildman–Crippen LogP) is 4.56. The van der Waals surface area contributed by atoms with E-state index in [4.69, 9.17) is 23.2 Å². The maximum atomic E-state index is 6.34. The van der Waals surface area contributed by atoms with E-state index in [9.17, 15) is 0 Å². The highest BCUT2D eigenvalue weighted by Crippen LogP contribution is 2.34. The fourth-order valence-corrected chi connectivity index (χ4v) is 4.59. The lowest BCUT2D eigenvalue weighted by molar-refractivity contribution is 0.303. The fourth-order valence-electron chi connectivity index (χ4n) is 4.02. The van der Waals surface area contributed by atoms with Gasteiger partial charge in [0.15, 0.2) is 0 Å². The van der Waals surface area contributed by atoms with E-state index in [2.05, 4.69) is 17.6 Å². The van der Waals surface area contributed by atoms with E-state index in [-0.39, 0.29) is 6.04 Å². The van der Waals surface area contributed by atoms with E-state index < -0.39 is 0 Å². The molecule has 2 nitrogen and oxygen atoms in total. The standard InChI is InChI=1S/C17H24Cl2N2/c1-11(13-8-7-12(18)10-15(13)19)21-17-5-2-4-14(17)16-6-3-9-20-16/h7-8,10-11,14,16-17,20-21H,2-6,9H2,1H3. The second-order valence-electron chi connectivity index (χ2n) is 6.46. The lowest BCUT2D eigenvalue weighted by Crippen LogP contribution is -2.42. The van der Waals surface area contributed by atoms with Crippen molar-refractivity contribution < 1.29 is 0 Å². The highest BCUT2D eigenvalue weighted by atomic mass is 35.5. The molecule has 0 bridgehead atoms. The molecule has 0 amide bonds. The van der Waals surface area contributed by atoms with Crippen LogP contribution in [0.25, 0.3) is 0 Å². The van der Waals surface area contributed by atoms with Gasteiger partial charge in [-0.2, -0.15) is 0 Å². The Hall–Kier alpha value is -0.280. The summed E-state index contributed by atoms with van der Waals surface area (Å²) >= 11 is 12.3. The van der Waals surface area contributed by atoms with Gasteiger partial charge in [0.05, 0.1) is 0 Å². The number of hydrogen-bond acceptors (Lipinski definition) is 2. The van der Waals surface area contributed by atoms with Crippen molar-refractivity contribution in [3.8, 4) is 0 Å². The van der Waals surface area contributed by atoms with Crippen molar-refractivity contribution in [1.29, 1.82) is 0 Å². The molecule has 1 aliphatic heterocycles. The van der Waals surface area contributed by atoms with E-state index >= 15 is 0 Å². The zero-order valence-corrected chi connectivity index (χ0v) is 14.1. The molecule has 1 aromatic carbocycles. The van der Waals surface area contributed by atoms with Crippen LogP contribution < -0.4 is 10.6 Å². The molecule has 1 aliphatic carbocycles. The molecule has 1 aromatic rings. The lowest BCUT2D eigenvalue weighted by Gasteiger charge is -2.29. The second-order valence-corrected chi connectivity index (χ2v) is 7.30. The summed E-state index contributed by atoms with van der Waals surface area (Å²) in [5.74, 6) is 0.765. The van der Waals surface area contributed by atoms with Crippen molar-refractivity contribution in [2.45, 2.75) is 57.2 Å². The van der Waals surface area contributed by atoms with Gasteiger partial charge >= 0.3 is 0 Å². The first-order chi connectivity index (χ1) is 10.1. The smallest absolute Gasteiger partial charge is 0.0468 e. The van der Waals surface area contributed by atoms with Gasteiger partial charge in [-0.25, -0.2) is 0 Å². The van der Waals surface area contributed by atoms with Crippen LogP contribution in [-0.4, -0.2) is 18.6 Å². The van der Waals surface area contributed by atoms with Crippen LogP contribution in [0.1, 0.15) is 50.6 Å². The van der Waals surface area contributed by atoms with Gasteiger partial charge in [-0.1, -0.05) is 35.7 Å². The quantitative estimate of drug-likeness (QED) is 0.847. The minimum Gasteiger partial charge on any atom is -0.314 e. The van der Waals surface area contributed by atoms with E-state index in [0.717, 1.165) is 16.5 Å². The molecule has 2 N–H and O–H groups in total. The van der Waals surface area contributed by atoms with Gasteiger partial charge in [0.1, 0.15) is 0 Å². The molecule has 0 radical (unpaired) electrons. The van der Waals surface area contributed by atoms with E-state index in [0.29, 0.717) is 17.1 Å². The third kappa shape index (κ3) is 3.56. The molecular weight excluding hydrogens is 303 g/mol. The summed E-state index contributed by atoms with van der Waals surface area (Å²) < 4.78 is 0. The summed E-state index contributed by atoms with van der Waals surface area (Å²) in [6.07, 6.45) is 6.61. The Morgan fingerprint density at radius 3 is 2.76 bits per heavy atom. The zero-order valence-electron chi connectivity index (χ0n) is 12.5. The lowest BCUT2D eigenvalue weighted by atomic mass is 9.92. The van der Waals surface area contributed by atoms with Crippen molar-refractivity contribution in [1.82, 2.24) is 10.6 Å². The Morgan fingerprint density at radius 2 is 2.05 bits per heavy atom. The molecule has 0 spiro atoms. The normalized spacial score (nSPS) is 30.7. The second kappa shape index (κ2) is 6.87. The van der Waals surface area contributed by atoms with Gasteiger partial charge in [-0.05, 0) is 62.8 Å². The number of nitrogens with one attached hydrogen (secondary N) is 2. The highest BCUT2D eigenvalue weighted by molar-refractivity contribution is 6.35. The van der Waals surface area contributed by atoms with Crippen molar-refractivity contribution >= 4 is 23.2 Å². The number of hydrogen-bond donors (Lipinski definition) is 2. The summed E-state index contributed by atoms with van der Waals surface area (Å²) in [4.78, 5) is 0. The average molecular weight is 327 g/mol. The Labute approximate surface area is 137 Å². The molecule has 1 saturated carbocycles. The molecule has 116 valence electrons. The summed E-state index contributed by atoms with van der Waals surface area (Å²) in [5.41, 5.74) is 1.14. The molecule has 0 aromatic heterocycles. The molecule has 3 rings (SSSR count). The van der Waals surface area contributed by atoms with Crippen LogP contribution in [0.3, 0.4) is 0 Å². The first kappa shape index (κ1) is 15.6.